The number of pyridine rings is 1. The third-order valence-corrected chi connectivity index (χ3v) is 2.37. The van der Waals surface area contributed by atoms with Crippen molar-refractivity contribution in [3.8, 4) is 0 Å². The molecule has 0 fully saturated rings. The Labute approximate surface area is 83.8 Å². The zero-order valence-corrected chi connectivity index (χ0v) is 8.62. The van der Waals surface area contributed by atoms with Gasteiger partial charge in [0.15, 0.2) is 0 Å². The molecule has 2 aromatic rings. The summed E-state index contributed by atoms with van der Waals surface area (Å²) in [4.78, 5) is 4.36. The molecule has 74 valence electrons. The molecule has 0 aliphatic rings. The summed E-state index contributed by atoms with van der Waals surface area (Å²) < 4.78 is 2.14. The van der Waals surface area contributed by atoms with E-state index in [0.29, 0.717) is 0 Å². The number of rotatable bonds is 3. The van der Waals surface area contributed by atoms with Crippen molar-refractivity contribution in [2.45, 2.75) is 19.9 Å². The van der Waals surface area contributed by atoms with Crippen LogP contribution in [0.15, 0.2) is 24.5 Å². The molecule has 3 nitrogen and oxygen atoms in total. The highest BCUT2D eigenvalue weighted by atomic mass is 15.0. The topological polar surface area (TPSA) is 29.3 Å². The van der Waals surface area contributed by atoms with Crippen LogP contribution in [0, 0.1) is 0 Å². The lowest BCUT2D eigenvalue weighted by Crippen LogP contribution is -2.05. The maximum atomic E-state index is 4.36. The molecule has 0 unspecified atom stereocenters. The first-order valence-electron chi connectivity index (χ1n) is 4.94. The van der Waals surface area contributed by atoms with Crippen LogP contribution in [-0.4, -0.2) is 16.4 Å². The van der Waals surface area contributed by atoms with Crippen LogP contribution in [0.5, 0.6) is 0 Å². The first-order valence-corrected chi connectivity index (χ1v) is 4.94. The van der Waals surface area contributed by atoms with Crippen molar-refractivity contribution in [3.63, 3.8) is 0 Å². The molecule has 3 heteroatoms. The molecule has 14 heavy (non-hydrogen) atoms. The lowest BCUT2D eigenvalue weighted by Gasteiger charge is -2.02. The van der Waals surface area contributed by atoms with E-state index < -0.39 is 0 Å². The molecule has 0 bridgehead atoms. The standard InChI is InChI=1S/C11H15N3/c1-3-11-13-8-10-6-9(7-12-2)4-5-14(10)11/h4-6,8,12H,3,7H2,1-2H3. The molecule has 2 heterocycles. The molecule has 2 rings (SSSR count). The molecule has 0 aliphatic heterocycles. The summed E-state index contributed by atoms with van der Waals surface area (Å²) in [6.45, 7) is 3.03. The predicted molar refractivity (Wildman–Crippen MR) is 57.3 cm³/mol. The Morgan fingerprint density at radius 3 is 3.07 bits per heavy atom. The van der Waals surface area contributed by atoms with E-state index in [9.17, 15) is 0 Å². The zero-order chi connectivity index (χ0) is 9.97. The van der Waals surface area contributed by atoms with Crippen molar-refractivity contribution in [3.05, 3.63) is 35.9 Å². The molecule has 0 amide bonds. The van der Waals surface area contributed by atoms with Gasteiger partial charge >= 0.3 is 0 Å². The van der Waals surface area contributed by atoms with Gasteiger partial charge in [0.25, 0.3) is 0 Å². The van der Waals surface area contributed by atoms with E-state index >= 15 is 0 Å². The summed E-state index contributed by atoms with van der Waals surface area (Å²) in [6.07, 6.45) is 4.99. The highest BCUT2D eigenvalue weighted by molar-refractivity contribution is 5.48. The monoisotopic (exact) mass is 189 g/mol. The van der Waals surface area contributed by atoms with Crippen LogP contribution >= 0.6 is 0 Å². The molecule has 0 saturated heterocycles. The van der Waals surface area contributed by atoms with Gasteiger partial charge in [0.1, 0.15) is 5.82 Å². The van der Waals surface area contributed by atoms with Gasteiger partial charge in [-0.1, -0.05) is 6.92 Å². The molecule has 0 radical (unpaired) electrons. The fourth-order valence-electron chi connectivity index (χ4n) is 1.68. The van der Waals surface area contributed by atoms with Crippen LogP contribution in [0.3, 0.4) is 0 Å². The number of imidazole rings is 1. The van der Waals surface area contributed by atoms with Crippen molar-refractivity contribution < 1.29 is 0 Å². The molecular formula is C11H15N3. The highest BCUT2D eigenvalue weighted by Gasteiger charge is 2.01. The van der Waals surface area contributed by atoms with Gasteiger partial charge in [-0.05, 0) is 24.7 Å². The summed E-state index contributed by atoms with van der Waals surface area (Å²) in [6, 6.07) is 4.30. The molecule has 0 aromatic carbocycles. The average Bonchev–Trinajstić information content (AvgIpc) is 2.60. The molecule has 0 spiro atoms. The van der Waals surface area contributed by atoms with Crippen LogP contribution < -0.4 is 5.32 Å². The third-order valence-electron chi connectivity index (χ3n) is 2.37. The fourth-order valence-corrected chi connectivity index (χ4v) is 1.68. The minimum atomic E-state index is 0.906. The number of nitrogens with zero attached hydrogens (tertiary/aromatic N) is 2. The molecule has 0 atom stereocenters. The Hall–Kier alpha value is -1.35. The van der Waals surface area contributed by atoms with Crippen LogP contribution in [0.1, 0.15) is 18.3 Å². The molecular weight excluding hydrogens is 174 g/mol. The summed E-state index contributed by atoms with van der Waals surface area (Å²) in [5.74, 6) is 1.12. The Kier molecular flexibility index (Phi) is 2.50. The normalized spacial score (nSPS) is 11.0. The van der Waals surface area contributed by atoms with Gasteiger partial charge < -0.3 is 9.72 Å². The SMILES string of the molecule is CCc1ncc2cc(CNC)ccn12. The minimum Gasteiger partial charge on any atom is -0.316 e. The van der Waals surface area contributed by atoms with E-state index in [2.05, 4.69) is 40.0 Å². The van der Waals surface area contributed by atoms with E-state index in [-0.39, 0.29) is 0 Å². The van der Waals surface area contributed by atoms with Gasteiger partial charge in [-0.15, -0.1) is 0 Å². The van der Waals surface area contributed by atoms with E-state index in [0.717, 1.165) is 18.8 Å². The van der Waals surface area contributed by atoms with E-state index in [1.807, 2.05) is 13.2 Å². The van der Waals surface area contributed by atoms with Crippen LogP contribution in [0.25, 0.3) is 5.52 Å². The van der Waals surface area contributed by atoms with E-state index in [1.165, 1.54) is 11.1 Å². The number of aryl methyl sites for hydroxylation is 1. The number of hydrogen-bond donors (Lipinski definition) is 1. The maximum Gasteiger partial charge on any atom is 0.112 e. The second kappa shape index (κ2) is 3.80. The van der Waals surface area contributed by atoms with Gasteiger partial charge in [-0.25, -0.2) is 4.98 Å². The van der Waals surface area contributed by atoms with Crippen molar-refractivity contribution in [2.24, 2.45) is 0 Å². The van der Waals surface area contributed by atoms with Crippen LogP contribution in [0.2, 0.25) is 0 Å². The first kappa shape index (κ1) is 9.21. The quantitative estimate of drug-likeness (QED) is 0.795. The number of nitrogens with one attached hydrogen (secondary N) is 1. The Balaban J connectivity index is 2.46. The van der Waals surface area contributed by atoms with Crippen molar-refractivity contribution in [1.29, 1.82) is 0 Å². The summed E-state index contributed by atoms with van der Waals surface area (Å²) in [5.41, 5.74) is 2.47. The van der Waals surface area contributed by atoms with Gasteiger partial charge in [-0.3, -0.25) is 0 Å². The second-order valence-corrected chi connectivity index (χ2v) is 3.39. The summed E-state index contributed by atoms with van der Waals surface area (Å²) in [7, 11) is 1.96. The van der Waals surface area contributed by atoms with E-state index in [4.69, 9.17) is 0 Å². The smallest absolute Gasteiger partial charge is 0.112 e. The third kappa shape index (κ3) is 1.51. The molecule has 2 aromatic heterocycles. The molecule has 1 N–H and O–H groups in total. The van der Waals surface area contributed by atoms with Crippen molar-refractivity contribution >= 4 is 5.52 Å². The number of fused-ring (bicyclic) bond motifs is 1. The van der Waals surface area contributed by atoms with Crippen molar-refractivity contribution in [1.82, 2.24) is 14.7 Å². The summed E-state index contributed by atoms with van der Waals surface area (Å²) >= 11 is 0. The predicted octanol–water partition coefficient (Wildman–Crippen LogP) is 1.62. The minimum absolute atomic E-state index is 0.906. The lowest BCUT2D eigenvalue weighted by atomic mass is 10.2. The Morgan fingerprint density at radius 1 is 1.50 bits per heavy atom. The first-order chi connectivity index (χ1) is 6.85. The van der Waals surface area contributed by atoms with Gasteiger partial charge in [0.05, 0.1) is 11.7 Å². The van der Waals surface area contributed by atoms with E-state index in [1.54, 1.807) is 0 Å². The molecule has 0 aliphatic carbocycles. The number of hydrogen-bond acceptors (Lipinski definition) is 2. The van der Waals surface area contributed by atoms with Crippen LogP contribution in [0.4, 0.5) is 0 Å². The maximum absolute atomic E-state index is 4.36. The van der Waals surface area contributed by atoms with Gasteiger partial charge in [0, 0.05) is 19.2 Å². The van der Waals surface area contributed by atoms with Crippen molar-refractivity contribution in [2.75, 3.05) is 7.05 Å². The Morgan fingerprint density at radius 2 is 2.36 bits per heavy atom. The lowest BCUT2D eigenvalue weighted by molar-refractivity contribution is 0.815. The van der Waals surface area contributed by atoms with Gasteiger partial charge in [-0.2, -0.15) is 0 Å². The summed E-state index contributed by atoms with van der Waals surface area (Å²) in [5, 5.41) is 3.14. The molecule has 0 saturated carbocycles. The van der Waals surface area contributed by atoms with Gasteiger partial charge in [0.2, 0.25) is 0 Å². The second-order valence-electron chi connectivity index (χ2n) is 3.39. The number of aromatic nitrogens is 2. The zero-order valence-electron chi connectivity index (χ0n) is 8.62. The largest absolute Gasteiger partial charge is 0.316 e. The van der Waals surface area contributed by atoms with Crippen LogP contribution in [-0.2, 0) is 13.0 Å². The fraction of sp³-hybridized carbons (Fsp3) is 0.364. The highest BCUT2D eigenvalue weighted by Crippen LogP contribution is 2.10. The Bertz CT molecular complexity index is 431. The average molecular weight is 189 g/mol.